The first-order chi connectivity index (χ1) is 7.15. The minimum absolute atomic E-state index is 0.0677. The van der Waals surface area contributed by atoms with Gasteiger partial charge in [0.05, 0.1) is 11.6 Å². The molecule has 0 heterocycles. The average molecular weight is 229 g/mol. The molecule has 1 rings (SSSR count). The SMILES string of the molecule is N=C(N)c1ccc(OCCCO)cc1Cl. The van der Waals surface area contributed by atoms with Gasteiger partial charge in [0, 0.05) is 18.6 Å². The minimum Gasteiger partial charge on any atom is -0.493 e. The van der Waals surface area contributed by atoms with Crippen molar-refractivity contribution in [2.24, 2.45) is 5.73 Å². The Bertz CT molecular complexity index is 355. The van der Waals surface area contributed by atoms with E-state index >= 15 is 0 Å². The van der Waals surface area contributed by atoms with Crippen LogP contribution in [0, 0.1) is 5.41 Å². The summed E-state index contributed by atoms with van der Waals surface area (Å²) in [4.78, 5) is 0. The van der Waals surface area contributed by atoms with Crippen LogP contribution in [0.3, 0.4) is 0 Å². The molecule has 0 bridgehead atoms. The molecule has 0 radical (unpaired) electrons. The summed E-state index contributed by atoms with van der Waals surface area (Å²) in [7, 11) is 0. The Hall–Kier alpha value is -1.26. The van der Waals surface area contributed by atoms with Crippen LogP contribution in [0.5, 0.6) is 5.75 Å². The van der Waals surface area contributed by atoms with Crippen molar-refractivity contribution < 1.29 is 9.84 Å². The molecule has 0 amide bonds. The Kier molecular flexibility index (Phi) is 4.39. The second-order valence-corrected chi connectivity index (χ2v) is 3.39. The van der Waals surface area contributed by atoms with Gasteiger partial charge in [-0.05, 0) is 18.2 Å². The van der Waals surface area contributed by atoms with Crippen LogP contribution in [0.2, 0.25) is 5.02 Å². The smallest absolute Gasteiger partial charge is 0.124 e. The second kappa shape index (κ2) is 5.58. The van der Waals surface area contributed by atoms with E-state index in [-0.39, 0.29) is 12.4 Å². The Morgan fingerprint density at radius 3 is 2.80 bits per heavy atom. The Morgan fingerprint density at radius 1 is 1.53 bits per heavy atom. The number of hydrogen-bond donors (Lipinski definition) is 3. The molecule has 1 aromatic carbocycles. The van der Waals surface area contributed by atoms with Crippen molar-refractivity contribution in [2.45, 2.75) is 6.42 Å². The summed E-state index contributed by atoms with van der Waals surface area (Å²) in [6, 6.07) is 4.94. The highest BCUT2D eigenvalue weighted by Gasteiger charge is 2.04. The van der Waals surface area contributed by atoms with Gasteiger partial charge in [-0.15, -0.1) is 0 Å². The van der Waals surface area contributed by atoms with E-state index in [1.165, 1.54) is 0 Å². The first-order valence-corrected chi connectivity index (χ1v) is 4.90. The highest BCUT2D eigenvalue weighted by atomic mass is 35.5. The fourth-order valence-corrected chi connectivity index (χ4v) is 1.33. The normalized spacial score (nSPS) is 10.0. The molecule has 4 nitrogen and oxygen atoms in total. The van der Waals surface area contributed by atoms with Crippen LogP contribution in [-0.2, 0) is 0 Å². The summed E-state index contributed by atoms with van der Waals surface area (Å²) >= 11 is 5.89. The van der Waals surface area contributed by atoms with Crippen LogP contribution in [0.25, 0.3) is 0 Å². The molecule has 0 aliphatic heterocycles. The third-order valence-electron chi connectivity index (χ3n) is 1.80. The first kappa shape index (κ1) is 11.8. The molecular formula is C10H13ClN2O2. The van der Waals surface area contributed by atoms with E-state index in [4.69, 9.17) is 32.6 Å². The zero-order valence-electron chi connectivity index (χ0n) is 8.16. The molecule has 0 unspecified atom stereocenters. The molecule has 5 heteroatoms. The molecule has 0 aromatic heterocycles. The summed E-state index contributed by atoms with van der Waals surface area (Å²) in [5.74, 6) is 0.542. The molecule has 0 spiro atoms. The third-order valence-corrected chi connectivity index (χ3v) is 2.11. The third kappa shape index (κ3) is 3.42. The molecule has 0 atom stereocenters. The number of amidine groups is 1. The maximum absolute atomic E-state index is 8.57. The lowest BCUT2D eigenvalue weighted by Crippen LogP contribution is -2.11. The zero-order valence-corrected chi connectivity index (χ0v) is 8.92. The van der Waals surface area contributed by atoms with Gasteiger partial charge in [0.2, 0.25) is 0 Å². The fourth-order valence-electron chi connectivity index (χ4n) is 1.06. The van der Waals surface area contributed by atoms with Crippen LogP contribution < -0.4 is 10.5 Å². The number of rotatable bonds is 5. The van der Waals surface area contributed by atoms with Gasteiger partial charge in [-0.25, -0.2) is 0 Å². The van der Waals surface area contributed by atoms with Crippen molar-refractivity contribution in [3.05, 3.63) is 28.8 Å². The van der Waals surface area contributed by atoms with Crippen LogP contribution in [0.4, 0.5) is 0 Å². The van der Waals surface area contributed by atoms with Gasteiger partial charge in [0.1, 0.15) is 11.6 Å². The number of nitrogens with two attached hydrogens (primary N) is 1. The van der Waals surface area contributed by atoms with Crippen molar-refractivity contribution in [1.82, 2.24) is 0 Å². The minimum atomic E-state index is -0.0677. The first-order valence-electron chi connectivity index (χ1n) is 4.52. The summed E-state index contributed by atoms with van der Waals surface area (Å²) in [6.45, 7) is 0.533. The summed E-state index contributed by atoms with van der Waals surface area (Å²) in [6.07, 6.45) is 0.575. The fraction of sp³-hybridized carbons (Fsp3) is 0.300. The van der Waals surface area contributed by atoms with Crippen molar-refractivity contribution in [1.29, 1.82) is 5.41 Å². The molecule has 0 aliphatic carbocycles. The lowest BCUT2D eigenvalue weighted by Gasteiger charge is -2.07. The molecule has 82 valence electrons. The number of nitrogen functional groups attached to an aromatic ring is 1. The Morgan fingerprint density at radius 2 is 2.27 bits per heavy atom. The van der Waals surface area contributed by atoms with Gasteiger partial charge in [-0.1, -0.05) is 11.6 Å². The van der Waals surface area contributed by atoms with Crippen LogP contribution in [0.15, 0.2) is 18.2 Å². The van der Waals surface area contributed by atoms with Crippen molar-refractivity contribution in [3.8, 4) is 5.75 Å². The summed E-state index contributed by atoms with van der Waals surface area (Å²) < 4.78 is 5.31. The lowest BCUT2D eigenvalue weighted by molar-refractivity contribution is 0.233. The van der Waals surface area contributed by atoms with E-state index in [1.807, 2.05) is 0 Å². The van der Waals surface area contributed by atoms with Gasteiger partial charge in [-0.3, -0.25) is 5.41 Å². The van der Waals surface area contributed by atoms with E-state index in [1.54, 1.807) is 18.2 Å². The van der Waals surface area contributed by atoms with Gasteiger partial charge in [-0.2, -0.15) is 0 Å². The van der Waals surface area contributed by atoms with E-state index in [2.05, 4.69) is 0 Å². The molecule has 15 heavy (non-hydrogen) atoms. The number of halogens is 1. The molecule has 4 N–H and O–H groups in total. The number of aliphatic hydroxyl groups excluding tert-OH is 1. The summed E-state index contributed by atoms with van der Waals surface area (Å²) in [5.41, 5.74) is 5.80. The van der Waals surface area contributed by atoms with Crippen LogP contribution in [-0.4, -0.2) is 24.2 Å². The van der Waals surface area contributed by atoms with Crippen LogP contribution in [0.1, 0.15) is 12.0 Å². The van der Waals surface area contributed by atoms with Crippen molar-refractivity contribution >= 4 is 17.4 Å². The molecule has 1 aromatic rings. The van der Waals surface area contributed by atoms with E-state index in [0.29, 0.717) is 29.4 Å². The van der Waals surface area contributed by atoms with Gasteiger partial charge < -0.3 is 15.6 Å². The topological polar surface area (TPSA) is 79.3 Å². The maximum Gasteiger partial charge on any atom is 0.124 e. The average Bonchev–Trinajstić information content (AvgIpc) is 2.17. The van der Waals surface area contributed by atoms with Gasteiger partial charge in [0.25, 0.3) is 0 Å². The van der Waals surface area contributed by atoms with Gasteiger partial charge >= 0.3 is 0 Å². The van der Waals surface area contributed by atoms with E-state index in [0.717, 1.165) is 0 Å². The number of nitrogens with one attached hydrogen (secondary N) is 1. The number of ether oxygens (including phenoxy) is 1. The lowest BCUT2D eigenvalue weighted by atomic mass is 10.2. The predicted octanol–water partition coefficient (Wildman–Crippen LogP) is 1.39. The summed E-state index contributed by atoms with van der Waals surface area (Å²) in [5, 5.41) is 16.2. The van der Waals surface area contributed by atoms with E-state index in [9.17, 15) is 0 Å². The highest BCUT2D eigenvalue weighted by molar-refractivity contribution is 6.34. The monoisotopic (exact) mass is 228 g/mol. The maximum atomic E-state index is 8.57. The highest BCUT2D eigenvalue weighted by Crippen LogP contribution is 2.22. The van der Waals surface area contributed by atoms with Crippen molar-refractivity contribution in [2.75, 3.05) is 13.2 Å². The standard InChI is InChI=1S/C10H13ClN2O2/c11-9-6-7(15-5-1-4-14)2-3-8(9)10(12)13/h2-3,6,14H,1,4-5H2,(H3,12,13). The Balaban J connectivity index is 2.69. The van der Waals surface area contributed by atoms with E-state index < -0.39 is 0 Å². The molecule has 0 aliphatic rings. The Labute approximate surface area is 93.1 Å². The molecular weight excluding hydrogens is 216 g/mol. The number of benzene rings is 1. The molecule has 0 saturated carbocycles. The zero-order chi connectivity index (χ0) is 11.3. The number of aliphatic hydroxyl groups is 1. The largest absolute Gasteiger partial charge is 0.493 e. The number of hydrogen-bond acceptors (Lipinski definition) is 3. The van der Waals surface area contributed by atoms with Gasteiger partial charge in [0.15, 0.2) is 0 Å². The second-order valence-electron chi connectivity index (χ2n) is 2.98. The quantitative estimate of drug-likeness (QED) is 0.405. The van der Waals surface area contributed by atoms with Crippen molar-refractivity contribution in [3.63, 3.8) is 0 Å². The molecule has 0 saturated heterocycles. The molecule has 0 fully saturated rings. The predicted molar refractivity (Wildman–Crippen MR) is 59.7 cm³/mol. The van der Waals surface area contributed by atoms with Crippen LogP contribution >= 0.6 is 11.6 Å².